The first-order valence-corrected chi connectivity index (χ1v) is 5.46. The van der Waals surface area contributed by atoms with Crippen molar-refractivity contribution in [2.75, 3.05) is 13.1 Å². The van der Waals surface area contributed by atoms with Crippen LogP contribution in [0.1, 0.15) is 18.9 Å². The number of fused-ring (bicyclic) bond motifs is 1. The summed E-state index contributed by atoms with van der Waals surface area (Å²) < 4.78 is 2.08. The minimum atomic E-state index is 0. The molecule has 0 unspecified atom stereocenters. The van der Waals surface area contributed by atoms with Gasteiger partial charge in [0.15, 0.2) is 0 Å². The van der Waals surface area contributed by atoms with Crippen LogP contribution in [0.4, 0.5) is 0 Å². The van der Waals surface area contributed by atoms with E-state index in [4.69, 9.17) is 0 Å². The molecule has 0 spiro atoms. The number of hydrogen-bond donors (Lipinski definition) is 1. The van der Waals surface area contributed by atoms with Crippen LogP contribution in [0, 0.1) is 0 Å². The summed E-state index contributed by atoms with van der Waals surface area (Å²) in [5, 5.41) is 11.8. The normalized spacial score (nSPS) is 16.2. The molecule has 2 aromatic rings. The van der Waals surface area contributed by atoms with Crippen molar-refractivity contribution >= 4 is 35.8 Å². The highest BCUT2D eigenvalue weighted by Gasteiger charge is 2.17. The standard InChI is InChI=1S/C11H14N4.2ClH/c1-2-4-11-10(3-1)13-14-15(11)9-5-7-12-8-6-9;;/h1-4,9,12H,5-8H2;2*1H. The molecule has 3 rings (SSSR count). The molecule has 1 saturated heterocycles. The van der Waals surface area contributed by atoms with Gasteiger partial charge in [-0.15, -0.1) is 29.9 Å². The van der Waals surface area contributed by atoms with Crippen molar-refractivity contribution in [1.82, 2.24) is 20.3 Å². The monoisotopic (exact) mass is 274 g/mol. The van der Waals surface area contributed by atoms with Crippen LogP contribution in [0.3, 0.4) is 0 Å². The molecule has 1 aromatic carbocycles. The molecule has 6 heteroatoms. The van der Waals surface area contributed by atoms with Crippen molar-refractivity contribution in [3.8, 4) is 0 Å². The van der Waals surface area contributed by atoms with Gasteiger partial charge in [0.25, 0.3) is 0 Å². The van der Waals surface area contributed by atoms with Crippen molar-refractivity contribution < 1.29 is 0 Å². The van der Waals surface area contributed by atoms with Crippen molar-refractivity contribution in [2.45, 2.75) is 18.9 Å². The van der Waals surface area contributed by atoms with Gasteiger partial charge in [-0.1, -0.05) is 17.3 Å². The van der Waals surface area contributed by atoms with Gasteiger partial charge in [0, 0.05) is 0 Å². The van der Waals surface area contributed by atoms with Crippen LogP contribution in [0.15, 0.2) is 24.3 Å². The summed E-state index contributed by atoms with van der Waals surface area (Å²) in [7, 11) is 0. The SMILES string of the molecule is Cl.Cl.c1ccc2c(c1)nnn2C1CCNCC1. The highest BCUT2D eigenvalue weighted by atomic mass is 35.5. The van der Waals surface area contributed by atoms with Gasteiger partial charge in [-0.2, -0.15) is 0 Å². The van der Waals surface area contributed by atoms with Gasteiger partial charge in [0.05, 0.1) is 11.6 Å². The van der Waals surface area contributed by atoms with E-state index in [-0.39, 0.29) is 24.8 Å². The molecule has 0 aliphatic carbocycles. The molecule has 1 aliphatic heterocycles. The lowest BCUT2D eigenvalue weighted by Gasteiger charge is -2.22. The third-order valence-electron chi connectivity index (χ3n) is 3.03. The van der Waals surface area contributed by atoms with Crippen LogP contribution in [0.2, 0.25) is 0 Å². The third kappa shape index (κ3) is 2.70. The lowest BCUT2D eigenvalue weighted by atomic mass is 10.1. The number of aromatic nitrogens is 3. The molecule has 1 aliphatic rings. The lowest BCUT2D eigenvalue weighted by molar-refractivity contribution is 0.345. The second-order valence-electron chi connectivity index (χ2n) is 4.00. The molecule has 2 heterocycles. The topological polar surface area (TPSA) is 42.7 Å². The number of halogens is 2. The molecule has 0 radical (unpaired) electrons. The molecule has 0 amide bonds. The van der Waals surface area contributed by atoms with Crippen LogP contribution >= 0.6 is 24.8 Å². The van der Waals surface area contributed by atoms with E-state index in [1.807, 2.05) is 18.2 Å². The Bertz CT molecular complexity index is 465. The smallest absolute Gasteiger partial charge is 0.113 e. The maximum absolute atomic E-state index is 4.26. The number of piperidine rings is 1. The number of rotatable bonds is 1. The zero-order valence-electron chi connectivity index (χ0n) is 9.37. The Kier molecular flexibility index (Phi) is 5.18. The van der Waals surface area contributed by atoms with Gasteiger partial charge in [-0.05, 0) is 38.1 Å². The number of para-hydroxylation sites is 1. The fraction of sp³-hybridized carbons (Fsp3) is 0.455. The Balaban J connectivity index is 0.000000722. The molecule has 1 aromatic heterocycles. The summed E-state index contributed by atoms with van der Waals surface area (Å²) in [6.07, 6.45) is 2.29. The average molecular weight is 275 g/mol. The minimum Gasteiger partial charge on any atom is -0.317 e. The fourth-order valence-corrected chi connectivity index (χ4v) is 2.21. The van der Waals surface area contributed by atoms with Crippen LogP contribution < -0.4 is 5.32 Å². The van der Waals surface area contributed by atoms with E-state index in [9.17, 15) is 0 Å². The number of nitrogens with one attached hydrogen (secondary N) is 1. The Morgan fingerprint density at radius 2 is 1.82 bits per heavy atom. The molecular weight excluding hydrogens is 259 g/mol. The van der Waals surface area contributed by atoms with Gasteiger partial charge >= 0.3 is 0 Å². The Morgan fingerprint density at radius 1 is 1.12 bits per heavy atom. The van der Waals surface area contributed by atoms with E-state index in [1.165, 1.54) is 0 Å². The van der Waals surface area contributed by atoms with Gasteiger partial charge in [0.2, 0.25) is 0 Å². The minimum absolute atomic E-state index is 0. The molecule has 1 N–H and O–H groups in total. The van der Waals surface area contributed by atoms with Crippen LogP contribution in [0.5, 0.6) is 0 Å². The maximum Gasteiger partial charge on any atom is 0.113 e. The number of hydrogen-bond acceptors (Lipinski definition) is 3. The first-order valence-electron chi connectivity index (χ1n) is 5.46. The largest absolute Gasteiger partial charge is 0.317 e. The molecule has 0 atom stereocenters. The fourth-order valence-electron chi connectivity index (χ4n) is 2.21. The maximum atomic E-state index is 4.26. The highest BCUT2D eigenvalue weighted by molar-refractivity contribution is 5.85. The van der Waals surface area contributed by atoms with Gasteiger partial charge < -0.3 is 5.32 Å². The summed E-state index contributed by atoms with van der Waals surface area (Å²) in [5.41, 5.74) is 2.15. The van der Waals surface area contributed by atoms with Crippen LogP contribution in [-0.2, 0) is 0 Å². The van der Waals surface area contributed by atoms with Crippen molar-refractivity contribution in [3.63, 3.8) is 0 Å². The Hall–Kier alpha value is -0.840. The summed E-state index contributed by atoms with van der Waals surface area (Å²) in [5.74, 6) is 0. The zero-order valence-corrected chi connectivity index (χ0v) is 11.0. The van der Waals surface area contributed by atoms with E-state index in [0.29, 0.717) is 6.04 Å². The molecular formula is C11H16Cl2N4. The molecule has 17 heavy (non-hydrogen) atoms. The van der Waals surface area contributed by atoms with E-state index in [0.717, 1.165) is 37.0 Å². The van der Waals surface area contributed by atoms with Crippen molar-refractivity contribution in [1.29, 1.82) is 0 Å². The molecule has 1 fully saturated rings. The Morgan fingerprint density at radius 3 is 2.59 bits per heavy atom. The highest BCUT2D eigenvalue weighted by Crippen LogP contribution is 2.21. The summed E-state index contributed by atoms with van der Waals surface area (Å²) >= 11 is 0. The van der Waals surface area contributed by atoms with Crippen molar-refractivity contribution in [2.24, 2.45) is 0 Å². The van der Waals surface area contributed by atoms with E-state index in [1.54, 1.807) is 0 Å². The van der Waals surface area contributed by atoms with Crippen LogP contribution in [0.25, 0.3) is 11.0 Å². The second-order valence-corrected chi connectivity index (χ2v) is 4.00. The van der Waals surface area contributed by atoms with Gasteiger partial charge in [-0.25, -0.2) is 4.68 Å². The predicted molar refractivity (Wildman–Crippen MR) is 73.2 cm³/mol. The van der Waals surface area contributed by atoms with Gasteiger partial charge in [0.1, 0.15) is 5.52 Å². The molecule has 0 bridgehead atoms. The number of benzene rings is 1. The average Bonchev–Trinajstić information content (AvgIpc) is 2.74. The second kappa shape index (κ2) is 6.19. The molecule has 0 saturated carbocycles. The third-order valence-corrected chi connectivity index (χ3v) is 3.03. The first kappa shape index (κ1) is 14.2. The zero-order chi connectivity index (χ0) is 10.1. The van der Waals surface area contributed by atoms with E-state index in [2.05, 4.69) is 26.4 Å². The summed E-state index contributed by atoms with van der Waals surface area (Å²) in [6, 6.07) is 8.67. The Labute approximate surface area is 113 Å². The first-order chi connectivity index (χ1) is 7.45. The van der Waals surface area contributed by atoms with Crippen molar-refractivity contribution in [3.05, 3.63) is 24.3 Å². The lowest BCUT2D eigenvalue weighted by Crippen LogP contribution is -2.29. The van der Waals surface area contributed by atoms with Gasteiger partial charge in [-0.3, -0.25) is 0 Å². The van der Waals surface area contributed by atoms with E-state index >= 15 is 0 Å². The van der Waals surface area contributed by atoms with Crippen LogP contribution in [-0.4, -0.2) is 28.1 Å². The van der Waals surface area contributed by atoms with E-state index < -0.39 is 0 Å². The summed E-state index contributed by atoms with van der Waals surface area (Å²) in [6.45, 7) is 2.16. The number of nitrogens with zero attached hydrogens (tertiary/aromatic N) is 3. The summed E-state index contributed by atoms with van der Waals surface area (Å²) in [4.78, 5) is 0. The molecule has 94 valence electrons. The predicted octanol–water partition coefficient (Wildman–Crippen LogP) is 2.20. The quantitative estimate of drug-likeness (QED) is 0.867. The molecule has 4 nitrogen and oxygen atoms in total.